The van der Waals surface area contributed by atoms with E-state index in [0.29, 0.717) is 30.4 Å². The van der Waals surface area contributed by atoms with Gasteiger partial charge in [-0.2, -0.15) is 0 Å². The van der Waals surface area contributed by atoms with Gasteiger partial charge >= 0.3 is 0 Å². The zero-order valence-electron chi connectivity index (χ0n) is 19.0. The summed E-state index contributed by atoms with van der Waals surface area (Å²) < 4.78 is 34.1. The number of ether oxygens (including phenoxy) is 2. The van der Waals surface area contributed by atoms with E-state index in [0.717, 1.165) is 32.4 Å². The smallest absolute Gasteiger partial charge is 0.161 e. The zero-order valence-corrected chi connectivity index (χ0v) is 19.8. The summed E-state index contributed by atoms with van der Waals surface area (Å²) in [6.45, 7) is 8.95. The maximum absolute atomic E-state index is 11.3. The van der Waals surface area contributed by atoms with Gasteiger partial charge in [-0.25, -0.2) is 8.42 Å². The van der Waals surface area contributed by atoms with Crippen molar-refractivity contribution >= 4 is 9.84 Å². The van der Waals surface area contributed by atoms with Crippen LogP contribution in [0.4, 0.5) is 0 Å². The Labute approximate surface area is 181 Å². The minimum atomic E-state index is -2.98. The van der Waals surface area contributed by atoms with Crippen molar-refractivity contribution in [2.45, 2.75) is 58.6 Å². The molecule has 1 N–H and O–H groups in total. The molecule has 2 heterocycles. The first kappa shape index (κ1) is 23.4. The van der Waals surface area contributed by atoms with Crippen molar-refractivity contribution < 1.29 is 23.0 Å². The van der Waals surface area contributed by atoms with Crippen molar-refractivity contribution in [3.63, 3.8) is 0 Å². The molecule has 0 bridgehead atoms. The second-order valence-corrected chi connectivity index (χ2v) is 12.4. The van der Waals surface area contributed by atoms with Crippen LogP contribution in [0.3, 0.4) is 0 Å². The van der Waals surface area contributed by atoms with Gasteiger partial charge in [0.1, 0.15) is 9.84 Å². The summed E-state index contributed by atoms with van der Waals surface area (Å²) in [6.07, 6.45) is 4.10. The number of benzene rings is 1. The quantitative estimate of drug-likeness (QED) is 0.658. The van der Waals surface area contributed by atoms with E-state index in [9.17, 15) is 13.5 Å². The van der Waals surface area contributed by atoms with Gasteiger partial charge in [0.05, 0.1) is 25.6 Å². The number of rotatable bonds is 7. The average Bonchev–Trinajstić information content (AvgIpc) is 2.63. The molecular formula is C23H37NO5S. The fourth-order valence-corrected chi connectivity index (χ4v) is 5.50. The molecule has 0 radical (unpaired) electrons. The molecule has 0 spiro atoms. The molecule has 0 amide bonds. The van der Waals surface area contributed by atoms with Crippen LogP contribution in [0, 0.1) is 11.3 Å². The number of aliphatic hydroxyl groups excluding tert-OH is 1. The molecular weight excluding hydrogens is 402 g/mol. The highest BCUT2D eigenvalue weighted by molar-refractivity contribution is 7.90. The number of hydrogen-bond acceptors (Lipinski definition) is 6. The van der Waals surface area contributed by atoms with E-state index < -0.39 is 9.84 Å². The number of methoxy groups -OCH3 is 1. The standard InChI is InChI=1S/C23H37NO5S/c1-23(2,3)14-17-15-24-8-7-16-11-22(29-9-6-10-30(5,26)27)21(28-4)12-18(16)19(24)13-20(17)25/h11-12,17,19-20,25H,6-10,13-15H2,1-5H3/t17-,19-,20-/m1/s1. The Kier molecular flexibility index (Phi) is 7.04. The van der Waals surface area contributed by atoms with Crippen LogP contribution in [0.2, 0.25) is 0 Å². The normalized spacial score (nSPS) is 24.8. The molecule has 6 nitrogen and oxygen atoms in total. The lowest BCUT2D eigenvalue weighted by atomic mass is 9.75. The highest BCUT2D eigenvalue weighted by Gasteiger charge is 2.39. The number of aliphatic hydroxyl groups is 1. The van der Waals surface area contributed by atoms with Gasteiger partial charge in [-0.3, -0.25) is 4.90 Å². The Bertz CT molecular complexity index is 846. The van der Waals surface area contributed by atoms with Crippen molar-refractivity contribution in [1.82, 2.24) is 4.90 Å². The lowest BCUT2D eigenvalue weighted by molar-refractivity contribution is -0.0259. The Morgan fingerprint density at radius 2 is 1.97 bits per heavy atom. The third-order valence-electron chi connectivity index (χ3n) is 6.16. The summed E-state index contributed by atoms with van der Waals surface area (Å²) in [7, 11) is -1.36. The van der Waals surface area contributed by atoms with Crippen LogP contribution in [0.5, 0.6) is 11.5 Å². The summed E-state index contributed by atoms with van der Waals surface area (Å²) in [4.78, 5) is 2.51. The molecule has 0 unspecified atom stereocenters. The van der Waals surface area contributed by atoms with Gasteiger partial charge in [0, 0.05) is 25.4 Å². The van der Waals surface area contributed by atoms with Crippen LogP contribution in [-0.4, -0.2) is 63.3 Å². The number of hydrogen-bond donors (Lipinski definition) is 1. The molecule has 3 rings (SSSR count). The third-order valence-corrected chi connectivity index (χ3v) is 7.19. The predicted molar refractivity (Wildman–Crippen MR) is 119 cm³/mol. The summed E-state index contributed by atoms with van der Waals surface area (Å²) in [6, 6.07) is 4.29. The van der Waals surface area contributed by atoms with E-state index in [4.69, 9.17) is 9.47 Å². The van der Waals surface area contributed by atoms with Crippen LogP contribution >= 0.6 is 0 Å². The van der Waals surface area contributed by atoms with Crippen LogP contribution in [0.15, 0.2) is 12.1 Å². The number of piperidine rings is 1. The SMILES string of the molecule is COc1cc2c(cc1OCCCS(C)(=O)=O)CCN1C[C@@H](CC(C)(C)C)[C@H](O)C[C@H]21. The first-order chi connectivity index (χ1) is 14.0. The van der Waals surface area contributed by atoms with E-state index in [2.05, 4.69) is 31.7 Å². The maximum atomic E-state index is 11.3. The molecule has 1 aromatic rings. The fourth-order valence-electron chi connectivity index (χ4n) is 4.86. The van der Waals surface area contributed by atoms with Crippen molar-refractivity contribution in [3.8, 4) is 11.5 Å². The number of sulfone groups is 1. The lowest BCUT2D eigenvalue weighted by Crippen LogP contribution is -2.48. The second-order valence-electron chi connectivity index (χ2n) is 10.1. The third kappa shape index (κ3) is 5.89. The van der Waals surface area contributed by atoms with E-state index in [1.54, 1.807) is 7.11 Å². The molecule has 0 saturated carbocycles. The average molecular weight is 440 g/mol. The molecule has 7 heteroatoms. The molecule has 2 aliphatic heterocycles. The van der Waals surface area contributed by atoms with Gasteiger partial charge in [-0.15, -0.1) is 0 Å². The molecule has 0 aromatic heterocycles. The molecule has 1 aromatic carbocycles. The molecule has 0 aliphatic carbocycles. The summed E-state index contributed by atoms with van der Waals surface area (Å²) in [5.41, 5.74) is 2.66. The molecule has 2 aliphatic rings. The molecule has 3 atom stereocenters. The second kappa shape index (κ2) is 9.05. The number of fused-ring (bicyclic) bond motifs is 3. The first-order valence-corrected chi connectivity index (χ1v) is 13.0. The maximum Gasteiger partial charge on any atom is 0.161 e. The van der Waals surface area contributed by atoms with E-state index in [1.165, 1.54) is 17.4 Å². The van der Waals surface area contributed by atoms with E-state index in [1.807, 2.05) is 6.07 Å². The first-order valence-electron chi connectivity index (χ1n) is 10.9. The van der Waals surface area contributed by atoms with Gasteiger partial charge < -0.3 is 14.6 Å². The van der Waals surface area contributed by atoms with E-state index >= 15 is 0 Å². The molecule has 1 fully saturated rings. The van der Waals surface area contributed by atoms with E-state index in [-0.39, 0.29) is 23.3 Å². The zero-order chi connectivity index (χ0) is 22.1. The summed E-state index contributed by atoms with van der Waals surface area (Å²) in [5.74, 6) is 1.76. The van der Waals surface area contributed by atoms with Crippen molar-refractivity contribution in [3.05, 3.63) is 23.3 Å². The largest absolute Gasteiger partial charge is 0.493 e. The van der Waals surface area contributed by atoms with Crippen LogP contribution in [0.1, 0.15) is 57.2 Å². The predicted octanol–water partition coefficient (Wildman–Crippen LogP) is 3.22. The Morgan fingerprint density at radius 3 is 2.60 bits per heavy atom. The van der Waals surface area contributed by atoms with Crippen molar-refractivity contribution in [2.75, 3.05) is 38.8 Å². The van der Waals surface area contributed by atoms with Gasteiger partial charge in [0.2, 0.25) is 0 Å². The van der Waals surface area contributed by atoms with Gasteiger partial charge in [0.15, 0.2) is 11.5 Å². The van der Waals surface area contributed by atoms with Crippen molar-refractivity contribution in [2.24, 2.45) is 11.3 Å². The van der Waals surface area contributed by atoms with Crippen molar-refractivity contribution in [1.29, 1.82) is 0 Å². The van der Waals surface area contributed by atoms with Gasteiger partial charge in [-0.1, -0.05) is 20.8 Å². The monoisotopic (exact) mass is 439 g/mol. The molecule has 30 heavy (non-hydrogen) atoms. The fraction of sp³-hybridized carbons (Fsp3) is 0.739. The Hall–Kier alpha value is -1.31. The minimum Gasteiger partial charge on any atom is -0.493 e. The molecule has 170 valence electrons. The topological polar surface area (TPSA) is 76.1 Å². The highest BCUT2D eigenvalue weighted by Crippen LogP contribution is 2.44. The van der Waals surface area contributed by atoms with Gasteiger partial charge in [-0.05, 0) is 60.3 Å². The van der Waals surface area contributed by atoms with Crippen LogP contribution in [-0.2, 0) is 16.3 Å². The lowest BCUT2D eigenvalue weighted by Gasteiger charge is -2.47. The minimum absolute atomic E-state index is 0.116. The van der Waals surface area contributed by atoms with Crippen LogP contribution in [0.25, 0.3) is 0 Å². The number of nitrogens with zero attached hydrogens (tertiary/aromatic N) is 1. The van der Waals surface area contributed by atoms with Crippen LogP contribution < -0.4 is 9.47 Å². The Balaban J connectivity index is 1.74. The highest BCUT2D eigenvalue weighted by atomic mass is 32.2. The Morgan fingerprint density at radius 1 is 1.23 bits per heavy atom. The van der Waals surface area contributed by atoms with Gasteiger partial charge in [0.25, 0.3) is 0 Å². The molecule has 1 saturated heterocycles. The summed E-state index contributed by atoms with van der Waals surface area (Å²) in [5, 5.41) is 10.9. The summed E-state index contributed by atoms with van der Waals surface area (Å²) >= 11 is 0.